The highest BCUT2D eigenvalue weighted by Gasteiger charge is 2.39. The second-order valence-electron chi connectivity index (χ2n) is 2.16. The van der Waals surface area contributed by atoms with Crippen LogP contribution < -0.4 is 0 Å². The first-order valence-electron chi connectivity index (χ1n) is 3.07. The molecule has 50 valence electrons. The molecule has 0 aromatic rings. The summed E-state index contributed by atoms with van der Waals surface area (Å²) in [5, 5.41) is 0. The third-order valence-electron chi connectivity index (χ3n) is 1.32. The molecule has 0 spiro atoms. The van der Waals surface area contributed by atoms with Crippen molar-refractivity contribution < 1.29 is 9.53 Å². The average Bonchev–Trinajstić information content (AvgIpc) is 2.47. The van der Waals surface area contributed by atoms with Crippen LogP contribution >= 0.6 is 0 Å². The van der Waals surface area contributed by atoms with E-state index in [0.29, 0.717) is 0 Å². The van der Waals surface area contributed by atoms with Crippen molar-refractivity contribution >= 4 is 5.78 Å². The van der Waals surface area contributed by atoms with Crippen LogP contribution in [0, 0.1) is 0 Å². The molecule has 0 N–H and O–H groups in total. The molecule has 1 rings (SSSR count). The smallest absolute Gasteiger partial charge is 0.186 e. The van der Waals surface area contributed by atoms with Gasteiger partial charge >= 0.3 is 0 Å². The fourth-order valence-electron chi connectivity index (χ4n) is 0.743. The lowest BCUT2D eigenvalue weighted by molar-refractivity contribution is -0.115. The van der Waals surface area contributed by atoms with E-state index < -0.39 is 0 Å². The SMILES string of the molecule is C/C=C\C(=O)C1OC1C. The normalized spacial score (nSPS) is 33.1. The van der Waals surface area contributed by atoms with E-state index in [2.05, 4.69) is 0 Å². The molecule has 9 heavy (non-hydrogen) atoms. The predicted molar refractivity (Wildman–Crippen MR) is 34.2 cm³/mol. The summed E-state index contributed by atoms with van der Waals surface area (Å²) >= 11 is 0. The van der Waals surface area contributed by atoms with E-state index in [4.69, 9.17) is 4.74 Å². The molecule has 2 unspecified atom stereocenters. The van der Waals surface area contributed by atoms with Gasteiger partial charge in [0.05, 0.1) is 6.10 Å². The largest absolute Gasteiger partial charge is 0.361 e. The van der Waals surface area contributed by atoms with E-state index in [1.165, 1.54) is 0 Å². The lowest BCUT2D eigenvalue weighted by Gasteiger charge is -1.80. The highest BCUT2D eigenvalue weighted by Crippen LogP contribution is 2.21. The van der Waals surface area contributed by atoms with Crippen LogP contribution in [-0.4, -0.2) is 18.0 Å². The number of ether oxygens (including phenoxy) is 1. The van der Waals surface area contributed by atoms with Crippen LogP contribution in [0.25, 0.3) is 0 Å². The molecule has 2 heteroatoms. The molecule has 1 fully saturated rings. The third kappa shape index (κ3) is 1.39. The van der Waals surface area contributed by atoms with Crippen LogP contribution in [0.3, 0.4) is 0 Å². The minimum atomic E-state index is -0.138. The Hall–Kier alpha value is -0.630. The highest BCUT2D eigenvalue weighted by atomic mass is 16.6. The fraction of sp³-hybridized carbons (Fsp3) is 0.571. The van der Waals surface area contributed by atoms with E-state index in [1.54, 1.807) is 12.2 Å². The second-order valence-corrected chi connectivity index (χ2v) is 2.16. The summed E-state index contributed by atoms with van der Waals surface area (Å²) in [5.74, 6) is 0.0880. The van der Waals surface area contributed by atoms with Crippen LogP contribution in [0.15, 0.2) is 12.2 Å². The van der Waals surface area contributed by atoms with E-state index in [9.17, 15) is 4.79 Å². The van der Waals surface area contributed by atoms with Gasteiger partial charge in [-0.3, -0.25) is 4.79 Å². The van der Waals surface area contributed by atoms with Gasteiger partial charge in [0.2, 0.25) is 0 Å². The highest BCUT2D eigenvalue weighted by molar-refractivity contribution is 5.95. The van der Waals surface area contributed by atoms with Gasteiger partial charge in [-0.25, -0.2) is 0 Å². The molecule has 2 nitrogen and oxygen atoms in total. The molecule has 1 heterocycles. The van der Waals surface area contributed by atoms with Crippen molar-refractivity contribution in [3.05, 3.63) is 12.2 Å². The van der Waals surface area contributed by atoms with Gasteiger partial charge in [0.25, 0.3) is 0 Å². The summed E-state index contributed by atoms with van der Waals surface area (Å²) in [5.41, 5.74) is 0. The lowest BCUT2D eigenvalue weighted by Crippen LogP contribution is -2.03. The van der Waals surface area contributed by atoms with Gasteiger partial charge in [0.15, 0.2) is 5.78 Å². The number of allylic oxidation sites excluding steroid dienone is 1. The fourth-order valence-corrected chi connectivity index (χ4v) is 0.743. The summed E-state index contributed by atoms with van der Waals surface area (Å²) in [6.07, 6.45) is 3.29. The van der Waals surface area contributed by atoms with E-state index in [1.807, 2.05) is 13.8 Å². The third-order valence-corrected chi connectivity index (χ3v) is 1.32. The van der Waals surface area contributed by atoms with Crippen LogP contribution in [0.5, 0.6) is 0 Å². The molecule has 2 atom stereocenters. The molecule has 0 amide bonds. The Balaban J connectivity index is 2.36. The number of hydrogen-bond donors (Lipinski definition) is 0. The Morgan fingerprint density at radius 1 is 1.67 bits per heavy atom. The molecule has 1 aliphatic rings. The van der Waals surface area contributed by atoms with Gasteiger partial charge in [-0.15, -0.1) is 0 Å². The van der Waals surface area contributed by atoms with Crippen LogP contribution in [-0.2, 0) is 9.53 Å². The first-order chi connectivity index (χ1) is 4.25. The number of ketones is 1. The molecule has 0 aromatic heterocycles. The zero-order chi connectivity index (χ0) is 6.85. The van der Waals surface area contributed by atoms with E-state index in [0.717, 1.165) is 0 Å². The minimum absolute atomic E-state index is 0.0880. The maximum atomic E-state index is 10.8. The molecule has 1 saturated heterocycles. The molecular formula is C7H10O2. The first kappa shape index (κ1) is 6.49. The van der Waals surface area contributed by atoms with Gasteiger partial charge in [0.1, 0.15) is 6.10 Å². The second kappa shape index (κ2) is 2.31. The van der Waals surface area contributed by atoms with Gasteiger partial charge < -0.3 is 4.74 Å². The van der Waals surface area contributed by atoms with Crippen molar-refractivity contribution in [2.24, 2.45) is 0 Å². The molecule has 0 aromatic carbocycles. The quantitative estimate of drug-likeness (QED) is 0.406. The van der Waals surface area contributed by atoms with Crippen molar-refractivity contribution in [2.45, 2.75) is 26.1 Å². The number of carbonyl (C=O) groups is 1. The van der Waals surface area contributed by atoms with E-state index >= 15 is 0 Å². The first-order valence-corrected chi connectivity index (χ1v) is 3.07. The van der Waals surface area contributed by atoms with Gasteiger partial charge in [-0.2, -0.15) is 0 Å². The van der Waals surface area contributed by atoms with Crippen LogP contribution in [0.1, 0.15) is 13.8 Å². The lowest BCUT2D eigenvalue weighted by atomic mass is 10.2. The summed E-state index contributed by atoms with van der Waals surface area (Å²) < 4.78 is 4.93. The molecule has 0 aliphatic carbocycles. The minimum Gasteiger partial charge on any atom is -0.361 e. The standard InChI is InChI=1S/C7H10O2/c1-3-4-6(8)7-5(2)9-7/h3-5,7H,1-2H3/b4-3-. The zero-order valence-electron chi connectivity index (χ0n) is 5.63. The van der Waals surface area contributed by atoms with Crippen LogP contribution in [0.4, 0.5) is 0 Å². The van der Waals surface area contributed by atoms with E-state index in [-0.39, 0.29) is 18.0 Å². The Morgan fingerprint density at radius 2 is 2.22 bits per heavy atom. The monoisotopic (exact) mass is 126 g/mol. The topological polar surface area (TPSA) is 29.6 Å². The van der Waals surface area contributed by atoms with Crippen molar-refractivity contribution in [3.63, 3.8) is 0 Å². The molecule has 0 radical (unpaired) electrons. The average molecular weight is 126 g/mol. The number of hydrogen-bond acceptors (Lipinski definition) is 2. The van der Waals surface area contributed by atoms with Crippen molar-refractivity contribution in [1.29, 1.82) is 0 Å². The van der Waals surface area contributed by atoms with Crippen LogP contribution in [0.2, 0.25) is 0 Å². The molecular weight excluding hydrogens is 116 g/mol. The Morgan fingerprint density at radius 3 is 2.56 bits per heavy atom. The zero-order valence-corrected chi connectivity index (χ0v) is 5.63. The summed E-state index contributed by atoms with van der Waals surface area (Å²) in [6.45, 7) is 3.72. The van der Waals surface area contributed by atoms with Crippen molar-refractivity contribution in [1.82, 2.24) is 0 Å². The van der Waals surface area contributed by atoms with Gasteiger partial charge in [-0.1, -0.05) is 6.08 Å². The Labute approximate surface area is 54.5 Å². The summed E-state index contributed by atoms with van der Waals surface area (Å²) in [4.78, 5) is 10.8. The molecule has 0 saturated carbocycles. The maximum Gasteiger partial charge on any atom is 0.186 e. The van der Waals surface area contributed by atoms with Gasteiger partial charge in [-0.05, 0) is 19.9 Å². The number of rotatable bonds is 2. The predicted octanol–water partition coefficient (Wildman–Crippen LogP) is 0.919. The Kier molecular flexibility index (Phi) is 1.67. The van der Waals surface area contributed by atoms with Crippen molar-refractivity contribution in [2.75, 3.05) is 0 Å². The Bertz CT molecular complexity index is 149. The molecule has 1 aliphatic heterocycles. The number of epoxide rings is 1. The van der Waals surface area contributed by atoms with Gasteiger partial charge in [0, 0.05) is 0 Å². The molecule has 0 bridgehead atoms. The summed E-state index contributed by atoms with van der Waals surface area (Å²) in [7, 11) is 0. The maximum absolute atomic E-state index is 10.8. The number of carbonyl (C=O) groups excluding carboxylic acids is 1. The van der Waals surface area contributed by atoms with Crippen molar-refractivity contribution in [3.8, 4) is 0 Å². The summed E-state index contributed by atoms with van der Waals surface area (Å²) in [6, 6.07) is 0.